The molecule has 0 spiro atoms. The van der Waals surface area contributed by atoms with Crippen molar-refractivity contribution in [1.82, 2.24) is 20.1 Å². The van der Waals surface area contributed by atoms with Crippen molar-refractivity contribution in [2.75, 3.05) is 40.5 Å². The lowest BCUT2D eigenvalue weighted by atomic mass is 10.3. The van der Waals surface area contributed by atoms with Crippen molar-refractivity contribution >= 4 is 5.91 Å². The summed E-state index contributed by atoms with van der Waals surface area (Å²) in [6.07, 6.45) is 2.09. The fourth-order valence-corrected chi connectivity index (χ4v) is 1.37. The largest absolute Gasteiger partial charge is 0.385 e. The molecule has 7 nitrogen and oxygen atoms in total. The molecule has 7 heteroatoms. The Hall–Kier alpha value is -1.47. The van der Waals surface area contributed by atoms with Gasteiger partial charge in [0.05, 0.1) is 6.61 Å². The minimum atomic E-state index is -0.171. The van der Waals surface area contributed by atoms with E-state index in [1.54, 1.807) is 19.1 Å². The molecule has 1 heterocycles. The van der Waals surface area contributed by atoms with E-state index in [0.717, 1.165) is 6.42 Å². The molecule has 1 aromatic heterocycles. The molecule has 1 N–H and O–H groups in total. The van der Waals surface area contributed by atoms with Crippen LogP contribution in [0.3, 0.4) is 0 Å². The van der Waals surface area contributed by atoms with Crippen molar-refractivity contribution < 1.29 is 14.3 Å². The summed E-state index contributed by atoms with van der Waals surface area (Å²) < 4.78 is 9.94. The topological polar surface area (TPSA) is 80.3 Å². The summed E-state index contributed by atoms with van der Waals surface area (Å²) in [6, 6.07) is 0. The molecule has 0 bridgehead atoms. The predicted molar refractivity (Wildman–Crippen MR) is 60.7 cm³/mol. The fourth-order valence-electron chi connectivity index (χ4n) is 1.37. The summed E-state index contributed by atoms with van der Waals surface area (Å²) in [7, 11) is 3.24. The van der Waals surface area contributed by atoms with Crippen LogP contribution in [-0.2, 0) is 9.47 Å². The standard InChI is InChI=1S/C10H18N4O3/c1-16-6-3-4-14(5-7-17-2)10(15)9-11-8-12-13-9/h8H,3-7H2,1-2H3,(H,11,12,13). The number of nitrogens with one attached hydrogen (secondary N) is 1. The van der Waals surface area contributed by atoms with E-state index in [4.69, 9.17) is 9.47 Å². The number of methoxy groups -OCH3 is 2. The third-order valence-electron chi connectivity index (χ3n) is 2.25. The van der Waals surface area contributed by atoms with Crippen LogP contribution < -0.4 is 0 Å². The molecule has 96 valence electrons. The zero-order valence-corrected chi connectivity index (χ0v) is 10.2. The van der Waals surface area contributed by atoms with Gasteiger partial charge in [-0.2, -0.15) is 5.10 Å². The van der Waals surface area contributed by atoms with Gasteiger partial charge < -0.3 is 14.4 Å². The van der Waals surface area contributed by atoms with Crippen LogP contribution in [0.4, 0.5) is 0 Å². The number of hydrogen-bond acceptors (Lipinski definition) is 5. The van der Waals surface area contributed by atoms with Crippen molar-refractivity contribution in [1.29, 1.82) is 0 Å². The number of aromatic amines is 1. The minimum Gasteiger partial charge on any atom is -0.385 e. The summed E-state index contributed by atoms with van der Waals surface area (Å²) in [5.41, 5.74) is 0. The summed E-state index contributed by atoms with van der Waals surface area (Å²) in [5, 5.41) is 6.22. The van der Waals surface area contributed by atoms with Crippen LogP contribution >= 0.6 is 0 Å². The number of carbonyl (C=O) groups excluding carboxylic acids is 1. The molecule has 0 aromatic carbocycles. The first kappa shape index (κ1) is 13.6. The number of rotatable bonds is 8. The Morgan fingerprint density at radius 2 is 2.12 bits per heavy atom. The first-order chi connectivity index (χ1) is 8.29. The van der Waals surface area contributed by atoms with E-state index in [1.807, 2.05) is 0 Å². The van der Waals surface area contributed by atoms with E-state index in [0.29, 0.717) is 26.3 Å². The molecule has 0 radical (unpaired) electrons. The predicted octanol–water partition coefficient (Wildman–Crippen LogP) is -0.0702. The Balaban J connectivity index is 2.52. The minimum absolute atomic E-state index is 0.171. The second-order valence-corrected chi connectivity index (χ2v) is 3.47. The highest BCUT2D eigenvalue weighted by Crippen LogP contribution is 2.00. The van der Waals surface area contributed by atoms with Crippen molar-refractivity contribution in [2.24, 2.45) is 0 Å². The molecule has 0 atom stereocenters. The van der Waals surface area contributed by atoms with Crippen molar-refractivity contribution in [2.45, 2.75) is 6.42 Å². The monoisotopic (exact) mass is 242 g/mol. The Kier molecular flexibility index (Phi) is 6.19. The fraction of sp³-hybridized carbons (Fsp3) is 0.700. The highest BCUT2D eigenvalue weighted by molar-refractivity contribution is 5.90. The van der Waals surface area contributed by atoms with E-state index >= 15 is 0 Å². The molecule has 0 aliphatic carbocycles. The van der Waals surface area contributed by atoms with Gasteiger partial charge in [0.25, 0.3) is 5.91 Å². The van der Waals surface area contributed by atoms with E-state index < -0.39 is 0 Å². The molecule has 17 heavy (non-hydrogen) atoms. The summed E-state index contributed by atoms with van der Waals surface area (Å²) in [6.45, 7) is 2.25. The quantitative estimate of drug-likeness (QED) is 0.645. The molecule has 0 unspecified atom stereocenters. The van der Waals surface area contributed by atoms with Crippen molar-refractivity contribution in [3.63, 3.8) is 0 Å². The van der Waals surface area contributed by atoms with Crippen LogP contribution in [0.5, 0.6) is 0 Å². The molecule has 0 aliphatic heterocycles. The molecule has 1 rings (SSSR count). The number of hydrogen-bond donors (Lipinski definition) is 1. The molecule has 1 aromatic rings. The Bertz CT molecular complexity index is 315. The smallest absolute Gasteiger partial charge is 0.291 e. The summed E-state index contributed by atoms with van der Waals surface area (Å²) in [5.74, 6) is 0.0779. The average molecular weight is 242 g/mol. The van der Waals surface area contributed by atoms with E-state index in [9.17, 15) is 4.79 Å². The highest BCUT2D eigenvalue weighted by atomic mass is 16.5. The van der Waals surface area contributed by atoms with Gasteiger partial charge in [-0.3, -0.25) is 9.89 Å². The SMILES string of the molecule is COCCCN(CCOC)C(=O)c1ncn[nH]1. The van der Waals surface area contributed by atoms with Gasteiger partial charge in [-0.05, 0) is 6.42 Å². The summed E-state index contributed by atoms with van der Waals surface area (Å²) >= 11 is 0. The van der Waals surface area contributed by atoms with E-state index in [-0.39, 0.29) is 11.7 Å². The van der Waals surface area contributed by atoms with Crippen molar-refractivity contribution in [3.05, 3.63) is 12.2 Å². The first-order valence-electron chi connectivity index (χ1n) is 5.42. The van der Waals surface area contributed by atoms with Crippen LogP contribution in [-0.4, -0.2) is 66.5 Å². The van der Waals surface area contributed by atoms with E-state index in [2.05, 4.69) is 15.2 Å². The maximum absolute atomic E-state index is 12.0. The van der Waals surface area contributed by atoms with Gasteiger partial charge in [0.1, 0.15) is 6.33 Å². The zero-order chi connectivity index (χ0) is 12.5. The maximum atomic E-state index is 12.0. The third kappa shape index (κ3) is 4.49. The summed E-state index contributed by atoms with van der Waals surface area (Å²) in [4.78, 5) is 17.5. The number of amides is 1. The van der Waals surface area contributed by atoms with Gasteiger partial charge in [0.15, 0.2) is 0 Å². The molecule has 0 aliphatic rings. The second-order valence-electron chi connectivity index (χ2n) is 3.47. The first-order valence-corrected chi connectivity index (χ1v) is 5.42. The van der Waals surface area contributed by atoms with Gasteiger partial charge in [-0.25, -0.2) is 4.98 Å². The molecular formula is C10H18N4O3. The molecule has 0 saturated carbocycles. The lowest BCUT2D eigenvalue weighted by Crippen LogP contribution is -2.35. The molecular weight excluding hydrogens is 224 g/mol. The van der Waals surface area contributed by atoms with Crippen LogP contribution in [0.2, 0.25) is 0 Å². The maximum Gasteiger partial charge on any atom is 0.291 e. The third-order valence-corrected chi connectivity index (χ3v) is 2.25. The number of H-pyrrole nitrogens is 1. The Morgan fingerprint density at radius 1 is 1.35 bits per heavy atom. The Labute approximate surface area is 100 Å². The number of nitrogens with zero attached hydrogens (tertiary/aromatic N) is 3. The molecule has 0 saturated heterocycles. The van der Waals surface area contributed by atoms with Gasteiger partial charge in [0.2, 0.25) is 5.82 Å². The van der Waals surface area contributed by atoms with Crippen LogP contribution in [0, 0.1) is 0 Å². The molecule has 1 amide bonds. The van der Waals surface area contributed by atoms with Crippen molar-refractivity contribution in [3.8, 4) is 0 Å². The Morgan fingerprint density at radius 3 is 2.71 bits per heavy atom. The van der Waals surface area contributed by atoms with Gasteiger partial charge in [0, 0.05) is 33.9 Å². The van der Waals surface area contributed by atoms with Crippen LogP contribution in [0.25, 0.3) is 0 Å². The van der Waals surface area contributed by atoms with E-state index in [1.165, 1.54) is 6.33 Å². The van der Waals surface area contributed by atoms with Gasteiger partial charge in [-0.1, -0.05) is 0 Å². The lowest BCUT2D eigenvalue weighted by Gasteiger charge is -2.20. The zero-order valence-electron chi connectivity index (χ0n) is 10.2. The number of ether oxygens (including phenoxy) is 2. The lowest BCUT2D eigenvalue weighted by molar-refractivity contribution is 0.0663. The average Bonchev–Trinajstić information content (AvgIpc) is 2.86. The molecule has 0 fully saturated rings. The van der Waals surface area contributed by atoms with Crippen LogP contribution in [0.1, 0.15) is 17.0 Å². The highest BCUT2D eigenvalue weighted by Gasteiger charge is 2.17. The number of carbonyl (C=O) groups is 1. The van der Waals surface area contributed by atoms with Gasteiger partial charge >= 0.3 is 0 Å². The normalized spacial score (nSPS) is 10.5. The second kappa shape index (κ2) is 7.75. The van der Waals surface area contributed by atoms with Crippen LogP contribution in [0.15, 0.2) is 6.33 Å². The number of aromatic nitrogens is 3. The van der Waals surface area contributed by atoms with Gasteiger partial charge in [-0.15, -0.1) is 0 Å².